The fraction of sp³-hybridized carbons (Fsp3) is 0.105. The number of nitrogens with one attached hydrogen (secondary N) is 2. The van der Waals surface area contributed by atoms with E-state index in [2.05, 4.69) is 26.0 Å². The third kappa shape index (κ3) is 6.09. The maximum absolute atomic E-state index is 12.2. The van der Waals surface area contributed by atoms with E-state index >= 15 is 0 Å². The van der Waals surface area contributed by atoms with Crippen molar-refractivity contribution in [3.05, 3.63) is 69.7 Å². The summed E-state index contributed by atoms with van der Waals surface area (Å²) < 4.78 is 5.06. The lowest BCUT2D eigenvalue weighted by atomic mass is 10.2. The molecule has 1 aromatic heterocycles. The van der Waals surface area contributed by atoms with E-state index in [4.69, 9.17) is 16.3 Å². The van der Waals surface area contributed by atoms with Crippen molar-refractivity contribution in [3.8, 4) is 5.75 Å². The van der Waals surface area contributed by atoms with Crippen LogP contribution in [-0.4, -0.2) is 35.3 Å². The van der Waals surface area contributed by atoms with E-state index in [1.165, 1.54) is 6.21 Å². The van der Waals surface area contributed by atoms with Gasteiger partial charge < -0.3 is 4.74 Å². The summed E-state index contributed by atoms with van der Waals surface area (Å²) >= 11 is 6.93. The lowest BCUT2D eigenvalue weighted by Crippen LogP contribution is -2.19. The molecule has 148 valence electrons. The molecular formula is C19H16ClN5O3S. The molecule has 2 amide bonds. The van der Waals surface area contributed by atoms with Gasteiger partial charge in [-0.3, -0.25) is 14.9 Å². The van der Waals surface area contributed by atoms with Crippen molar-refractivity contribution in [3.63, 3.8) is 0 Å². The number of amides is 2. The van der Waals surface area contributed by atoms with Crippen LogP contribution >= 0.6 is 22.9 Å². The molecular weight excluding hydrogens is 414 g/mol. The van der Waals surface area contributed by atoms with Crippen LogP contribution in [0.1, 0.15) is 20.9 Å². The molecule has 2 N–H and O–H groups in total. The average molecular weight is 430 g/mol. The zero-order valence-corrected chi connectivity index (χ0v) is 16.8. The van der Waals surface area contributed by atoms with Gasteiger partial charge in [-0.25, -0.2) is 5.43 Å². The Morgan fingerprint density at radius 1 is 1.14 bits per heavy atom. The first-order valence-corrected chi connectivity index (χ1v) is 9.58. The third-order valence-electron chi connectivity index (χ3n) is 3.62. The number of carbonyl (C=O) groups excluding carboxylic acids is 2. The Kier molecular flexibility index (Phi) is 6.88. The van der Waals surface area contributed by atoms with Crippen molar-refractivity contribution >= 4 is 46.1 Å². The number of methoxy groups -OCH3 is 1. The summed E-state index contributed by atoms with van der Waals surface area (Å²) in [7, 11) is 1.55. The van der Waals surface area contributed by atoms with E-state index in [0.29, 0.717) is 26.5 Å². The van der Waals surface area contributed by atoms with Crippen LogP contribution < -0.4 is 15.5 Å². The van der Waals surface area contributed by atoms with Gasteiger partial charge in [0.15, 0.2) is 0 Å². The summed E-state index contributed by atoms with van der Waals surface area (Å²) in [6.07, 6.45) is 1.50. The SMILES string of the molecule is COc1ccc(C(=O)Nc2nnc(CC(=O)N/N=C/c3ccc(Cl)cc3)s2)cc1. The molecule has 0 unspecified atom stereocenters. The van der Waals surface area contributed by atoms with E-state index in [9.17, 15) is 9.59 Å². The van der Waals surface area contributed by atoms with Gasteiger partial charge in [0.1, 0.15) is 10.8 Å². The molecule has 8 nitrogen and oxygen atoms in total. The summed E-state index contributed by atoms with van der Waals surface area (Å²) in [5.41, 5.74) is 3.67. The number of rotatable bonds is 7. The number of ether oxygens (including phenoxy) is 1. The highest BCUT2D eigenvalue weighted by atomic mass is 35.5. The van der Waals surface area contributed by atoms with E-state index in [0.717, 1.165) is 16.9 Å². The lowest BCUT2D eigenvalue weighted by Gasteiger charge is -2.02. The normalized spacial score (nSPS) is 10.7. The Bertz CT molecular complexity index is 1020. The molecule has 0 spiro atoms. The monoisotopic (exact) mass is 429 g/mol. The van der Waals surface area contributed by atoms with Crippen molar-refractivity contribution in [2.24, 2.45) is 5.10 Å². The van der Waals surface area contributed by atoms with Crippen molar-refractivity contribution in [2.75, 3.05) is 12.4 Å². The van der Waals surface area contributed by atoms with Crippen LogP contribution in [0.4, 0.5) is 5.13 Å². The number of benzene rings is 2. The largest absolute Gasteiger partial charge is 0.497 e. The first-order chi connectivity index (χ1) is 14.0. The molecule has 0 saturated carbocycles. The van der Waals surface area contributed by atoms with Crippen LogP contribution in [0, 0.1) is 0 Å². The van der Waals surface area contributed by atoms with Gasteiger partial charge in [-0.15, -0.1) is 10.2 Å². The predicted molar refractivity (Wildman–Crippen MR) is 112 cm³/mol. The van der Waals surface area contributed by atoms with E-state index in [-0.39, 0.29) is 18.2 Å². The quantitative estimate of drug-likeness (QED) is 0.443. The molecule has 0 atom stereocenters. The second kappa shape index (κ2) is 9.76. The van der Waals surface area contributed by atoms with Gasteiger partial charge in [-0.1, -0.05) is 35.1 Å². The Hall–Kier alpha value is -3.30. The predicted octanol–water partition coefficient (Wildman–Crippen LogP) is 3.15. The Morgan fingerprint density at radius 3 is 2.55 bits per heavy atom. The molecule has 3 rings (SSSR count). The van der Waals surface area contributed by atoms with Crippen LogP contribution in [0.5, 0.6) is 5.75 Å². The van der Waals surface area contributed by atoms with Crippen molar-refractivity contribution < 1.29 is 14.3 Å². The number of hydrogen-bond acceptors (Lipinski definition) is 7. The highest BCUT2D eigenvalue weighted by Gasteiger charge is 2.12. The van der Waals surface area contributed by atoms with Crippen LogP contribution in [-0.2, 0) is 11.2 Å². The number of hydrazone groups is 1. The van der Waals surface area contributed by atoms with Crippen LogP contribution in [0.15, 0.2) is 53.6 Å². The van der Waals surface area contributed by atoms with E-state index in [1.54, 1.807) is 55.6 Å². The topological polar surface area (TPSA) is 106 Å². The van der Waals surface area contributed by atoms with Crippen LogP contribution in [0.25, 0.3) is 0 Å². The van der Waals surface area contributed by atoms with Gasteiger partial charge in [-0.2, -0.15) is 5.10 Å². The molecule has 0 aliphatic carbocycles. The first kappa shape index (κ1) is 20.4. The van der Waals surface area contributed by atoms with Gasteiger partial charge in [0.2, 0.25) is 11.0 Å². The number of halogens is 1. The Balaban J connectivity index is 1.50. The Morgan fingerprint density at radius 2 is 1.86 bits per heavy atom. The van der Waals surface area contributed by atoms with Gasteiger partial charge in [-0.05, 0) is 42.0 Å². The highest BCUT2D eigenvalue weighted by molar-refractivity contribution is 7.15. The number of nitrogens with zero attached hydrogens (tertiary/aromatic N) is 3. The average Bonchev–Trinajstić information content (AvgIpc) is 3.16. The molecule has 0 saturated heterocycles. The first-order valence-electron chi connectivity index (χ1n) is 8.39. The number of hydrogen-bond donors (Lipinski definition) is 2. The molecule has 1 heterocycles. The summed E-state index contributed by atoms with van der Waals surface area (Å²) in [4.78, 5) is 24.2. The zero-order chi connectivity index (χ0) is 20.6. The molecule has 0 fully saturated rings. The number of aromatic nitrogens is 2. The minimum Gasteiger partial charge on any atom is -0.497 e. The summed E-state index contributed by atoms with van der Waals surface area (Å²) in [5.74, 6) is -0.0174. The van der Waals surface area contributed by atoms with E-state index in [1.807, 2.05) is 0 Å². The van der Waals surface area contributed by atoms with Gasteiger partial charge in [0, 0.05) is 10.6 Å². The van der Waals surface area contributed by atoms with Crippen molar-refractivity contribution in [2.45, 2.75) is 6.42 Å². The molecule has 2 aromatic carbocycles. The van der Waals surface area contributed by atoms with Crippen LogP contribution in [0.3, 0.4) is 0 Å². The number of carbonyl (C=O) groups is 2. The van der Waals surface area contributed by atoms with Crippen molar-refractivity contribution in [1.82, 2.24) is 15.6 Å². The second-order valence-electron chi connectivity index (χ2n) is 5.71. The van der Waals surface area contributed by atoms with Gasteiger partial charge >= 0.3 is 0 Å². The lowest BCUT2D eigenvalue weighted by molar-refractivity contribution is -0.120. The zero-order valence-electron chi connectivity index (χ0n) is 15.3. The summed E-state index contributed by atoms with van der Waals surface area (Å²) in [6, 6.07) is 13.7. The van der Waals surface area contributed by atoms with Crippen LogP contribution in [0.2, 0.25) is 5.02 Å². The Labute approximate surface area is 175 Å². The number of anilines is 1. The second-order valence-corrected chi connectivity index (χ2v) is 7.20. The smallest absolute Gasteiger partial charge is 0.257 e. The van der Waals surface area contributed by atoms with Gasteiger partial charge in [0.25, 0.3) is 5.91 Å². The van der Waals surface area contributed by atoms with E-state index < -0.39 is 0 Å². The minimum absolute atomic E-state index is 0.00592. The molecule has 0 bridgehead atoms. The fourth-order valence-corrected chi connectivity index (χ4v) is 3.05. The maximum atomic E-state index is 12.2. The molecule has 0 radical (unpaired) electrons. The molecule has 0 aliphatic rings. The third-order valence-corrected chi connectivity index (χ3v) is 4.71. The van der Waals surface area contributed by atoms with Gasteiger partial charge in [0.05, 0.1) is 19.7 Å². The minimum atomic E-state index is -0.348. The molecule has 0 aliphatic heterocycles. The summed E-state index contributed by atoms with van der Waals surface area (Å²) in [5, 5.41) is 15.7. The molecule has 29 heavy (non-hydrogen) atoms. The highest BCUT2D eigenvalue weighted by Crippen LogP contribution is 2.18. The fourth-order valence-electron chi connectivity index (χ4n) is 2.19. The van der Waals surface area contributed by atoms with Crippen molar-refractivity contribution in [1.29, 1.82) is 0 Å². The molecule has 3 aromatic rings. The maximum Gasteiger partial charge on any atom is 0.257 e. The summed E-state index contributed by atoms with van der Waals surface area (Å²) in [6.45, 7) is 0. The standard InChI is InChI=1S/C19H16ClN5O3S/c1-28-15-8-4-13(5-9-15)18(27)22-19-25-24-17(29-19)10-16(26)23-21-11-12-2-6-14(20)7-3-12/h2-9,11H,10H2,1H3,(H,23,26)(H,22,25,27)/b21-11+. The molecule has 10 heteroatoms.